The molecule has 8 bridgehead atoms. The topological polar surface area (TPSA) is 246 Å². The zero-order valence-corrected chi connectivity index (χ0v) is 34.2. The molecule has 0 fully saturated rings. The highest BCUT2D eigenvalue weighted by Gasteiger charge is 2.45. The summed E-state index contributed by atoms with van der Waals surface area (Å²) in [5.41, 5.74) is 13.7. The van der Waals surface area contributed by atoms with E-state index in [-0.39, 0.29) is 54.0 Å². The van der Waals surface area contributed by atoms with Crippen molar-refractivity contribution >= 4 is 57.4 Å². The van der Waals surface area contributed by atoms with E-state index in [2.05, 4.69) is 34.4 Å². The van der Waals surface area contributed by atoms with E-state index in [1.54, 1.807) is 6.92 Å². The van der Waals surface area contributed by atoms with Crippen LogP contribution in [0.5, 0.6) is 0 Å². The zero-order chi connectivity index (χ0) is 42.2. The first-order valence-corrected chi connectivity index (χ1v) is 20.1. The lowest BCUT2D eigenvalue weighted by Gasteiger charge is -2.19. The van der Waals surface area contributed by atoms with Gasteiger partial charge in [0.05, 0.1) is 23.8 Å². The third-order valence-electron chi connectivity index (χ3n) is 12.2. The average Bonchev–Trinajstić information content (AvgIpc) is 3.91. The molecule has 5 heterocycles. The van der Waals surface area contributed by atoms with Crippen molar-refractivity contribution in [3.8, 4) is 0 Å². The van der Waals surface area contributed by atoms with Crippen LogP contribution in [0.25, 0.3) is 22.1 Å². The number of hydrogen-bond donors (Lipinski definition) is 7. The van der Waals surface area contributed by atoms with Crippen LogP contribution in [-0.2, 0) is 19.1 Å². The second-order valence-electron chi connectivity index (χ2n) is 15.9. The highest BCUT2D eigenvalue weighted by molar-refractivity contribution is 6.23. The van der Waals surface area contributed by atoms with Crippen LogP contribution in [0, 0.1) is 19.3 Å². The molecule has 3 aromatic rings. The van der Waals surface area contributed by atoms with Gasteiger partial charge >= 0.3 is 11.9 Å². The van der Waals surface area contributed by atoms with Crippen LogP contribution in [0.15, 0.2) is 18.2 Å². The summed E-state index contributed by atoms with van der Waals surface area (Å²) in [6.45, 7) is 12.0. The number of nitrogens with one attached hydrogen (secondary N) is 5. The number of fused-ring (bicyclic) bond motifs is 8. The predicted octanol–water partition coefficient (Wildman–Crippen LogP) is 6.16. The van der Waals surface area contributed by atoms with Gasteiger partial charge in [-0.1, -0.05) is 20.8 Å². The van der Waals surface area contributed by atoms with Gasteiger partial charge < -0.3 is 36.2 Å². The average molecular weight is 795 g/mol. The summed E-state index contributed by atoms with van der Waals surface area (Å²) in [7, 11) is 1.26. The summed E-state index contributed by atoms with van der Waals surface area (Å²) in [5, 5.41) is 22.4. The number of hydrogen-bond acceptors (Lipinski definition) is 9. The molecular formula is C43H54N8O7. The van der Waals surface area contributed by atoms with E-state index >= 15 is 0 Å². The third kappa shape index (κ3) is 7.86. The number of nitrogens with zero attached hydrogens (tertiary/aromatic N) is 2. The van der Waals surface area contributed by atoms with E-state index in [0.29, 0.717) is 87.9 Å². The number of esters is 1. The smallest absolute Gasteiger partial charge is 0.326 e. The highest BCUT2D eigenvalue weighted by atomic mass is 16.5. The molecule has 3 aromatic heterocycles. The fourth-order valence-corrected chi connectivity index (χ4v) is 9.04. The Kier molecular flexibility index (Phi) is 12.2. The number of unbranched alkanes of at least 4 members (excludes halogenated alkanes) is 1. The fourth-order valence-electron chi connectivity index (χ4n) is 9.04. The van der Waals surface area contributed by atoms with Gasteiger partial charge in [-0.2, -0.15) is 0 Å². The molecule has 8 N–H and O–H groups in total. The summed E-state index contributed by atoms with van der Waals surface area (Å²) < 4.78 is 5.22. The largest absolute Gasteiger partial charge is 0.480 e. The van der Waals surface area contributed by atoms with Gasteiger partial charge in [-0.3, -0.25) is 34.6 Å². The van der Waals surface area contributed by atoms with Crippen LogP contribution < -0.4 is 16.4 Å². The number of aliphatic carboxylic acids is 1. The minimum atomic E-state index is -1.25. The van der Waals surface area contributed by atoms with Crippen molar-refractivity contribution in [1.82, 2.24) is 30.6 Å². The lowest BCUT2D eigenvalue weighted by Crippen LogP contribution is -2.40. The van der Waals surface area contributed by atoms with Gasteiger partial charge in [-0.25, -0.2) is 4.79 Å². The number of aromatic nitrogens is 4. The molecule has 0 saturated carbocycles. The molecule has 0 spiro atoms. The number of H-pyrrole nitrogens is 2. The second-order valence-corrected chi connectivity index (χ2v) is 15.9. The maximum Gasteiger partial charge on any atom is 0.326 e. The number of carbonyl (C=O) groups excluding carboxylic acids is 4. The summed E-state index contributed by atoms with van der Waals surface area (Å²) in [4.78, 5) is 83.4. The van der Waals surface area contributed by atoms with Gasteiger partial charge in [-0.05, 0) is 88.6 Å². The fraction of sp³-hybridized carbons (Fsp3) is 0.488. The maximum atomic E-state index is 14.3. The SMILES string of the molecule is CC[C@H]1c2cc3[nH]c4c(c3C)C(=O)C(C(=O)OC)c4c3nc(cc4[nH]c(cc(n2)[C@@H]1C)c(C(C)=O)c4C)[C@@H](C)[C@@H]3CCCC(=O)N[C@@H](CCCCNC(=N)N)C(=O)O. The number of rotatable bonds is 14. The molecule has 15 heteroatoms. The van der Waals surface area contributed by atoms with Gasteiger partial charge in [0.15, 0.2) is 17.5 Å². The maximum absolute atomic E-state index is 14.3. The van der Waals surface area contributed by atoms with Crippen LogP contribution in [0.3, 0.4) is 0 Å². The molecule has 6 atom stereocenters. The monoisotopic (exact) mass is 794 g/mol. The Labute approximate surface area is 336 Å². The number of aromatic amines is 2. The molecule has 1 aliphatic carbocycles. The minimum absolute atomic E-state index is 0.0424. The number of carboxylic acids is 1. The van der Waals surface area contributed by atoms with Crippen LogP contribution in [-0.4, -0.2) is 80.1 Å². The Hall–Kier alpha value is -5.86. The number of carbonyl (C=O) groups is 5. The summed E-state index contributed by atoms with van der Waals surface area (Å²) in [6, 6.07) is 4.79. The Balaban J connectivity index is 1.47. The number of ketones is 2. The number of Topliss-reactive ketones (excluding diaryl/α,β-unsaturated/α-hetero) is 2. The molecule has 6 rings (SSSR count). The minimum Gasteiger partial charge on any atom is -0.480 e. The number of guanidine groups is 1. The van der Waals surface area contributed by atoms with E-state index in [1.807, 2.05) is 39.0 Å². The van der Waals surface area contributed by atoms with E-state index < -0.39 is 29.8 Å². The number of amides is 1. The molecule has 15 nitrogen and oxygen atoms in total. The van der Waals surface area contributed by atoms with Crippen molar-refractivity contribution in [1.29, 1.82) is 5.41 Å². The van der Waals surface area contributed by atoms with Crippen molar-refractivity contribution < 1.29 is 33.8 Å². The molecular weight excluding hydrogens is 741 g/mol. The second kappa shape index (κ2) is 16.9. The lowest BCUT2D eigenvalue weighted by atomic mass is 9.83. The van der Waals surface area contributed by atoms with Crippen LogP contribution >= 0.6 is 0 Å². The first-order valence-electron chi connectivity index (χ1n) is 20.1. The Morgan fingerprint density at radius 2 is 1.60 bits per heavy atom. The van der Waals surface area contributed by atoms with Gasteiger partial charge in [-0.15, -0.1) is 0 Å². The standard InChI is InChI=1S/C43H54N8O7/c1-8-24-19(2)27-18-32-34(23(6)52)21(4)29(48-32)16-28-20(3)25(12-11-14-33(53)49-26(41(55)56)13-9-10-15-46-43(44)45)38(50-28)36-37(42(57)58-7)40(54)35-22(5)30(51-39(35)36)17-31(24)47-27/h16-20,24-26,37,48,51H,8-15H2,1-7H3,(H,49,53)(H,55,56)(H4,44,45,46)/t19-,20+,24-,25+,26+,37?/m1/s1. The summed E-state index contributed by atoms with van der Waals surface area (Å²) in [6.07, 6.45) is 2.97. The van der Waals surface area contributed by atoms with Gasteiger partial charge in [0.25, 0.3) is 0 Å². The van der Waals surface area contributed by atoms with Crippen molar-refractivity contribution in [3.63, 3.8) is 0 Å². The molecule has 1 amide bonds. The highest BCUT2D eigenvalue weighted by Crippen LogP contribution is 2.48. The van der Waals surface area contributed by atoms with E-state index in [4.69, 9.17) is 25.8 Å². The number of ether oxygens (including phenoxy) is 1. The quantitative estimate of drug-likeness (QED) is 0.0243. The van der Waals surface area contributed by atoms with Gasteiger partial charge in [0.2, 0.25) is 5.91 Å². The van der Waals surface area contributed by atoms with Crippen molar-refractivity contribution in [2.75, 3.05) is 13.7 Å². The summed E-state index contributed by atoms with van der Waals surface area (Å²) in [5.74, 6) is -4.54. The Bertz CT molecular complexity index is 2360. The Morgan fingerprint density at radius 3 is 2.26 bits per heavy atom. The molecule has 0 radical (unpaired) electrons. The predicted molar refractivity (Wildman–Crippen MR) is 219 cm³/mol. The number of nitrogens with two attached hydrogens (primary N) is 1. The van der Waals surface area contributed by atoms with E-state index in [0.717, 1.165) is 23.4 Å². The Morgan fingerprint density at radius 1 is 0.948 bits per heavy atom. The van der Waals surface area contributed by atoms with Crippen molar-refractivity contribution in [3.05, 3.63) is 68.8 Å². The van der Waals surface area contributed by atoms with Gasteiger partial charge in [0, 0.05) is 81.4 Å². The molecule has 2 aliphatic heterocycles. The van der Waals surface area contributed by atoms with Crippen LogP contribution in [0.2, 0.25) is 0 Å². The van der Waals surface area contributed by atoms with Crippen molar-refractivity contribution in [2.45, 2.75) is 122 Å². The molecule has 0 saturated heterocycles. The molecule has 0 aromatic carbocycles. The number of aryl methyl sites for hydroxylation is 2. The number of carboxylic acid groups (broad SMARTS) is 1. The van der Waals surface area contributed by atoms with Crippen molar-refractivity contribution in [2.24, 2.45) is 5.73 Å². The molecule has 1 unspecified atom stereocenters. The number of methoxy groups -OCH3 is 1. The molecule has 3 aliphatic rings. The van der Waals surface area contributed by atoms with Crippen LogP contribution in [0.4, 0.5) is 0 Å². The lowest BCUT2D eigenvalue weighted by molar-refractivity contribution is -0.142. The normalized spacial score (nSPS) is 20.1. The molecule has 58 heavy (non-hydrogen) atoms. The first-order chi connectivity index (χ1) is 27.6. The molecule has 308 valence electrons. The summed E-state index contributed by atoms with van der Waals surface area (Å²) >= 11 is 0. The third-order valence-corrected chi connectivity index (χ3v) is 12.2. The van der Waals surface area contributed by atoms with E-state index in [9.17, 15) is 29.1 Å². The first kappa shape index (κ1) is 41.8. The van der Waals surface area contributed by atoms with Crippen LogP contribution in [0.1, 0.15) is 162 Å². The van der Waals surface area contributed by atoms with Gasteiger partial charge in [0.1, 0.15) is 12.0 Å². The zero-order valence-electron chi connectivity index (χ0n) is 34.2. The van der Waals surface area contributed by atoms with E-state index in [1.165, 1.54) is 7.11 Å².